The molecule has 4 heterocycles. The molecule has 0 spiro atoms. The maximum absolute atomic E-state index is 11.6. The fourth-order valence-corrected chi connectivity index (χ4v) is 3.32. The molecule has 0 aliphatic carbocycles. The van der Waals surface area contributed by atoms with E-state index in [-0.39, 0.29) is 5.12 Å². The molecule has 1 fully saturated rings. The highest BCUT2D eigenvalue weighted by atomic mass is 32.2. The topological polar surface area (TPSA) is 63.4 Å². The van der Waals surface area contributed by atoms with Gasteiger partial charge in [0.25, 0.3) is 5.95 Å². The average molecular weight is 275 g/mol. The molecular weight excluding hydrogens is 262 g/mol. The third kappa shape index (κ3) is 1.80. The van der Waals surface area contributed by atoms with E-state index >= 15 is 0 Å². The first kappa shape index (κ1) is 11.2. The number of carbonyl (C=O) groups excluding carboxylic acids is 1. The summed E-state index contributed by atoms with van der Waals surface area (Å²) in [5.74, 6) is 1.31. The molecule has 1 aromatic rings. The van der Waals surface area contributed by atoms with E-state index in [0.717, 1.165) is 24.6 Å². The summed E-state index contributed by atoms with van der Waals surface area (Å²) in [6.07, 6.45) is 3.67. The predicted molar refractivity (Wildman–Crippen MR) is 73.9 cm³/mol. The van der Waals surface area contributed by atoms with Gasteiger partial charge in [0.15, 0.2) is 0 Å². The standard InChI is InChI=1S/C12H13N5OS/c18-10-9-8(7-19-10)6-17-11(13-9)14-12(15-17)16-4-2-1-3-5-16/h7H,1-6H2. The van der Waals surface area contributed by atoms with Crippen LogP contribution in [0.5, 0.6) is 0 Å². The van der Waals surface area contributed by atoms with Gasteiger partial charge in [-0.2, -0.15) is 4.98 Å². The molecule has 6 nitrogen and oxygen atoms in total. The van der Waals surface area contributed by atoms with Crippen molar-refractivity contribution in [1.82, 2.24) is 14.8 Å². The zero-order chi connectivity index (χ0) is 12.8. The van der Waals surface area contributed by atoms with Crippen LogP contribution >= 0.6 is 11.8 Å². The molecule has 7 heteroatoms. The van der Waals surface area contributed by atoms with E-state index in [1.807, 2.05) is 5.41 Å². The van der Waals surface area contributed by atoms with Crippen molar-refractivity contribution in [2.24, 2.45) is 4.99 Å². The van der Waals surface area contributed by atoms with Gasteiger partial charge >= 0.3 is 0 Å². The molecule has 0 saturated carbocycles. The number of aliphatic imine (C=N–C) groups is 1. The Balaban J connectivity index is 1.68. The van der Waals surface area contributed by atoms with Gasteiger partial charge in [-0.25, -0.2) is 9.67 Å². The third-order valence-corrected chi connectivity index (χ3v) is 4.43. The Morgan fingerprint density at radius 1 is 1.21 bits per heavy atom. The van der Waals surface area contributed by atoms with E-state index in [1.165, 1.54) is 31.0 Å². The van der Waals surface area contributed by atoms with Crippen molar-refractivity contribution < 1.29 is 4.79 Å². The molecule has 19 heavy (non-hydrogen) atoms. The van der Waals surface area contributed by atoms with Crippen LogP contribution in [0.15, 0.2) is 16.0 Å². The highest BCUT2D eigenvalue weighted by Crippen LogP contribution is 2.31. The molecular formula is C12H13N5OS. The Bertz CT molecular complexity index is 612. The molecule has 0 atom stereocenters. The minimum atomic E-state index is 0.0174. The van der Waals surface area contributed by atoms with E-state index < -0.39 is 0 Å². The van der Waals surface area contributed by atoms with E-state index in [0.29, 0.717) is 18.2 Å². The monoisotopic (exact) mass is 275 g/mol. The number of aromatic nitrogens is 3. The molecule has 98 valence electrons. The van der Waals surface area contributed by atoms with Gasteiger partial charge in [0.1, 0.15) is 5.71 Å². The van der Waals surface area contributed by atoms with Gasteiger partial charge in [-0.05, 0) is 24.7 Å². The van der Waals surface area contributed by atoms with Crippen LogP contribution in [0.3, 0.4) is 0 Å². The number of hydrogen-bond acceptors (Lipinski definition) is 6. The van der Waals surface area contributed by atoms with Crippen LogP contribution in [0.2, 0.25) is 0 Å². The molecule has 0 bridgehead atoms. The average Bonchev–Trinajstić information content (AvgIpc) is 3.02. The van der Waals surface area contributed by atoms with Crippen LogP contribution in [0, 0.1) is 0 Å². The Hall–Kier alpha value is -1.63. The number of rotatable bonds is 1. The van der Waals surface area contributed by atoms with Crippen molar-refractivity contribution in [3.63, 3.8) is 0 Å². The SMILES string of the molecule is O=C1SC=C2Cn3nc(N4CCCCC4)nc3N=C12. The van der Waals surface area contributed by atoms with Gasteiger partial charge in [0, 0.05) is 18.7 Å². The van der Waals surface area contributed by atoms with Crippen molar-refractivity contribution in [2.75, 3.05) is 18.0 Å². The number of carbonyl (C=O) groups is 1. The lowest BCUT2D eigenvalue weighted by Gasteiger charge is -2.24. The summed E-state index contributed by atoms with van der Waals surface area (Å²) in [4.78, 5) is 22.7. The summed E-state index contributed by atoms with van der Waals surface area (Å²) in [7, 11) is 0. The first-order chi connectivity index (χ1) is 9.31. The van der Waals surface area contributed by atoms with Crippen molar-refractivity contribution in [1.29, 1.82) is 0 Å². The minimum Gasteiger partial charge on any atom is -0.339 e. The fraction of sp³-hybridized carbons (Fsp3) is 0.500. The highest BCUT2D eigenvalue weighted by Gasteiger charge is 2.30. The van der Waals surface area contributed by atoms with Crippen molar-refractivity contribution in [3.05, 3.63) is 11.0 Å². The van der Waals surface area contributed by atoms with Crippen LogP contribution in [-0.4, -0.2) is 38.7 Å². The molecule has 1 saturated heterocycles. The molecule has 0 aromatic carbocycles. The zero-order valence-corrected chi connectivity index (χ0v) is 11.2. The van der Waals surface area contributed by atoms with E-state index in [2.05, 4.69) is 20.0 Å². The van der Waals surface area contributed by atoms with Gasteiger partial charge in [-0.3, -0.25) is 4.79 Å². The second-order valence-electron chi connectivity index (χ2n) is 4.93. The van der Waals surface area contributed by atoms with E-state index in [4.69, 9.17) is 0 Å². The number of anilines is 1. The number of piperidine rings is 1. The largest absolute Gasteiger partial charge is 0.339 e. The van der Waals surface area contributed by atoms with Crippen LogP contribution in [0.4, 0.5) is 11.9 Å². The molecule has 3 aliphatic heterocycles. The molecule has 0 N–H and O–H groups in total. The van der Waals surface area contributed by atoms with E-state index in [9.17, 15) is 4.79 Å². The lowest BCUT2D eigenvalue weighted by atomic mass is 10.1. The highest BCUT2D eigenvalue weighted by molar-refractivity contribution is 8.18. The predicted octanol–water partition coefficient (Wildman–Crippen LogP) is 1.51. The molecule has 3 aliphatic rings. The quantitative estimate of drug-likeness (QED) is 0.777. The molecule has 0 amide bonds. The number of hydrogen-bond donors (Lipinski definition) is 0. The van der Waals surface area contributed by atoms with Gasteiger partial charge < -0.3 is 4.90 Å². The van der Waals surface area contributed by atoms with Crippen LogP contribution in [-0.2, 0) is 11.3 Å². The van der Waals surface area contributed by atoms with Crippen LogP contribution < -0.4 is 4.90 Å². The fourth-order valence-electron chi connectivity index (χ4n) is 2.60. The molecule has 0 radical (unpaired) electrons. The maximum Gasteiger partial charge on any atom is 0.250 e. The number of allylic oxidation sites excluding steroid dienone is 1. The summed E-state index contributed by atoms with van der Waals surface area (Å²) >= 11 is 1.20. The summed E-state index contributed by atoms with van der Waals surface area (Å²) in [6, 6.07) is 0. The first-order valence-corrected chi connectivity index (χ1v) is 7.38. The summed E-state index contributed by atoms with van der Waals surface area (Å²) < 4.78 is 1.79. The summed E-state index contributed by atoms with van der Waals surface area (Å²) in [5.41, 5.74) is 1.51. The van der Waals surface area contributed by atoms with Crippen molar-refractivity contribution in [2.45, 2.75) is 25.8 Å². The molecule has 1 aromatic heterocycles. The second-order valence-corrected chi connectivity index (χ2v) is 5.77. The third-order valence-electron chi connectivity index (χ3n) is 3.62. The van der Waals surface area contributed by atoms with Crippen LogP contribution in [0.1, 0.15) is 19.3 Å². The number of thioether (sulfide) groups is 1. The lowest BCUT2D eigenvalue weighted by Crippen LogP contribution is -2.30. The Morgan fingerprint density at radius 2 is 2.05 bits per heavy atom. The normalized spacial score (nSPS) is 21.9. The second kappa shape index (κ2) is 4.19. The Morgan fingerprint density at radius 3 is 2.89 bits per heavy atom. The molecule has 4 rings (SSSR count). The van der Waals surface area contributed by atoms with Crippen molar-refractivity contribution in [3.8, 4) is 0 Å². The molecule has 0 unspecified atom stereocenters. The Labute approximate surface area is 114 Å². The van der Waals surface area contributed by atoms with Crippen LogP contribution in [0.25, 0.3) is 0 Å². The van der Waals surface area contributed by atoms with E-state index in [1.54, 1.807) is 4.68 Å². The van der Waals surface area contributed by atoms with Crippen molar-refractivity contribution >= 4 is 34.5 Å². The Kier molecular flexibility index (Phi) is 2.48. The summed E-state index contributed by atoms with van der Waals surface area (Å²) in [6.45, 7) is 2.63. The van der Waals surface area contributed by atoms with Gasteiger partial charge in [-0.15, -0.1) is 5.10 Å². The van der Waals surface area contributed by atoms with Gasteiger partial charge in [0.2, 0.25) is 11.1 Å². The van der Waals surface area contributed by atoms with Gasteiger partial charge in [-0.1, -0.05) is 11.8 Å². The minimum absolute atomic E-state index is 0.0174. The first-order valence-electron chi connectivity index (χ1n) is 6.50. The number of nitrogens with zero attached hydrogens (tertiary/aromatic N) is 5. The zero-order valence-electron chi connectivity index (χ0n) is 10.4. The summed E-state index contributed by atoms with van der Waals surface area (Å²) in [5, 5.41) is 6.41. The number of fused-ring (bicyclic) bond motifs is 2. The lowest BCUT2D eigenvalue weighted by molar-refractivity contribution is -0.105. The smallest absolute Gasteiger partial charge is 0.250 e. The van der Waals surface area contributed by atoms with Gasteiger partial charge in [0.05, 0.1) is 6.54 Å². The maximum atomic E-state index is 11.6.